The Balaban J connectivity index is 0.000000165. The number of methoxy groups -OCH3 is 3. The second-order valence-electron chi connectivity index (χ2n) is 24.3. The van der Waals surface area contributed by atoms with E-state index < -0.39 is 0 Å². The first-order valence-electron chi connectivity index (χ1n) is 31.8. The number of aromatic nitrogens is 6. The third kappa shape index (κ3) is 16.4. The summed E-state index contributed by atoms with van der Waals surface area (Å²) < 4.78 is 62.4. The normalized spacial score (nSPS) is 17.1. The van der Waals surface area contributed by atoms with Crippen molar-refractivity contribution in [2.75, 3.05) is 41.0 Å². The van der Waals surface area contributed by atoms with Gasteiger partial charge < -0.3 is 42.6 Å². The van der Waals surface area contributed by atoms with Crippen molar-refractivity contribution in [2.24, 2.45) is 11.8 Å². The number of nitrogens with zero attached hydrogens (tertiary/aromatic N) is 9. The molecular weight excluding hydrogens is 1190 g/mol. The maximum atomic E-state index is 13.3. The highest BCUT2D eigenvalue weighted by molar-refractivity contribution is 5.99. The first kappa shape index (κ1) is 68.7. The van der Waals surface area contributed by atoms with E-state index in [0.717, 1.165) is 136 Å². The largest absolute Gasteiger partial charge is 0.495 e. The van der Waals surface area contributed by atoms with Crippen LogP contribution in [0.2, 0.25) is 0 Å². The minimum atomic E-state index is -0.273. The monoisotopic (exact) mass is 1280 g/mol. The molecule has 0 aliphatic carbocycles. The maximum absolute atomic E-state index is 13.3. The number of benzene rings is 6. The van der Waals surface area contributed by atoms with Gasteiger partial charge in [-0.05, 0) is 205 Å². The zero-order valence-electron chi connectivity index (χ0n) is 54.4. The van der Waals surface area contributed by atoms with Gasteiger partial charge in [0.1, 0.15) is 34.7 Å². The molecule has 9 aromatic rings. The van der Waals surface area contributed by atoms with Crippen LogP contribution >= 0.6 is 0 Å². The minimum Gasteiger partial charge on any atom is -0.495 e. The van der Waals surface area contributed by atoms with Crippen molar-refractivity contribution in [3.05, 3.63) is 238 Å². The van der Waals surface area contributed by atoms with Crippen LogP contribution in [0.1, 0.15) is 135 Å². The Labute approximate surface area is 550 Å². The molecule has 6 heterocycles. The predicted octanol–water partition coefficient (Wildman–Crippen LogP) is 15.5. The van der Waals surface area contributed by atoms with E-state index in [9.17, 15) is 27.6 Å². The van der Waals surface area contributed by atoms with Gasteiger partial charge in [-0.2, -0.15) is 0 Å². The number of likely N-dealkylation sites (tertiary alicyclic amines) is 3. The first-order chi connectivity index (χ1) is 44.9. The van der Waals surface area contributed by atoms with E-state index in [1.807, 2.05) is 137 Å². The lowest BCUT2D eigenvalue weighted by Gasteiger charge is -2.37. The molecule has 3 amide bonds. The Kier molecular flexibility index (Phi) is 22.8. The number of carbonyl (C=O) groups excluding carboxylic acids is 3. The lowest BCUT2D eigenvalue weighted by Crippen LogP contribution is -2.43. The molecule has 2 unspecified atom stereocenters. The fraction of sp³-hybridized carbons (Fsp3) is 0.342. The van der Waals surface area contributed by atoms with E-state index in [0.29, 0.717) is 25.1 Å². The van der Waals surface area contributed by atoms with Crippen LogP contribution in [0.4, 0.5) is 13.2 Å². The number of halogens is 3. The molecule has 0 spiro atoms. The molecule has 3 aromatic heterocycles. The van der Waals surface area contributed by atoms with Gasteiger partial charge in [-0.25, -0.2) is 28.1 Å². The molecule has 0 saturated carbocycles. The average Bonchev–Trinajstić information content (AvgIpc) is 1.12. The summed E-state index contributed by atoms with van der Waals surface area (Å²) >= 11 is 0. The number of hydrogen-bond donors (Lipinski definition) is 0. The molecule has 3 saturated heterocycles. The summed E-state index contributed by atoms with van der Waals surface area (Å²) in [6.07, 6.45) is 19.7. The summed E-state index contributed by atoms with van der Waals surface area (Å²) in [7, 11) is 4.95. The van der Waals surface area contributed by atoms with E-state index in [-0.39, 0.29) is 72.6 Å². The van der Waals surface area contributed by atoms with Gasteiger partial charge in [0.05, 0.1) is 92.6 Å². The average molecular weight is 1280 g/mol. The molecule has 3 aliphatic heterocycles. The van der Waals surface area contributed by atoms with E-state index in [2.05, 4.69) is 27.1 Å². The highest BCUT2D eigenvalue weighted by Crippen LogP contribution is 2.36. The van der Waals surface area contributed by atoms with Crippen molar-refractivity contribution in [1.29, 1.82) is 0 Å². The molecule has 0 N–H and O–H groups in total. The van der Waals surface area contributed by atoms with Crippen molar-refractivity contribution >= 4 is 23.8 Å². The number of aryl methyl sites for hydroxylation is 3. The summed E-state index contributed by atoms with van der Waals surface area (Å²) in [5.74, 6) is 1.65. The predicted molar refractivity (Wildman–Crippen MR) is 361 cm³/mol. The lowest BCUT2D eigenvalue weighted by atomic mass is 9.89. The van der Waals surface area contributed by atoms with Crippen LogP contribution in [0.5, 0.6) is 17.2 Å². The molecule has 12 rings (SSSR count). The summed E-state index contributed by atoms with van der Waals surface area (Å²) in [6, 6.07) is 37.0. The van der Waals surface area contributed by atoms with Crippen LogP contribution < -0.4 is 14.2 Å². The summed E-state index contributed by atoms with van der Waals surface area (Å²) in [5.41, 5.74) is 12.2. The van der Waals surface area contributed by atoms with Gasteiger partial charge in [-0.1, -0.05) is 62.0 Å². The molecule has 492 valence electrons. The van der Waals surface area contributed by atoms with Gasteiger partial charge in [0.2, 0.25) is 17.7 Å². The zero-order chi connectivity index (χ0) is 65.9. The number of piperidine rings is 3. The molecule has 94 heavy (non-hydrogen) atoms. The Bertz CT molecular complexity index is 3900. The molecule has 15 nitrogen and oxygen atoms in total. The van der Waals surface area contributed by atoms with E-state index in [1.165, 1.54) is 36.4 Å². The number of carbonyl (C=O) groups is 3. The third-order valence-corrected chi connectivity index (χ3v) is 18.0. The van der Waals surface area contributed by atoms with Gasteiger partial charge in [0.25, 0.3) is 0 Å². The van der Waals surface area contributed by atoms with Gasteiger partial charge >= 0.3 is 0 Å². The van der Waals surface area contributed by atoms with Crippen LogP contribution in [0.25, 0.3) is 23.1 Å². The quantitative estimate of drug-likeness (QED) is 0.0814. The summed E-state index contributed by atoms with van der Waals surface area (Å²) in [4.78, 5) is 58.3. The van der Waals surface area contributed by atoms with Crippen LogP contribution in [-0.4, -0.2) is 102 Å². The first-order valence-corrected chi connectivity index (χ1v) is 31.8. The molecule has 6 aromatic carbocycles. The zero-order valence-corrected chi connectivity index (χ0v) is 54.4. The molecule has 0 bridgehead atoms. The third-order valence-electron chi connectivity index (χ3n) is 18.0. The fourth-order valence-electron chi connectivity index (χ4n) is 12.8. The Morgan fingerprint density at radius 1 is 0.479 bits per heavy atom. The van der Waals surface area contributed by atoms with Crippen molar-refractivity contribution in [3.63, 3.8) is 0 Å². The molecule has 3 fully saturated rings. The van der Waals surface area contributed by atoms with E-state index in [1.54, 1.807) is 76.7 Å². The standard InChI is InChI=1S/2C25H28FN3O2.C25H26FN3O2.CH4/c3*1-17-15-28(16-27-17)23-11-6-19(14-24(23)31-3)13-21-5-4-12-29(25(21)30)18(2)20-7-9-22(26)10-8-20;/h2*6-11,14-16,18,21H,4-5,12-13H2,1-3H3;6-11,13-16,18H,4-5,12H2,1-3H3;1H4/b;;21-13+;/t2*18-,21?;18-;/m000./s1. The molecular formula is C76H86F3N9O6. The second-order valence-corrected chi connectivity index (χ2v) is 24.3. The molecule has 5 atom stereocenters. The van der Waals surface area contributed by atoms with Crippen molar-refractivity contribution < 1.29 is 41.8 Å². The van der Waals surface area contributed by atoms with Gasteiger partial charge in [0, 0.05) is 55.6 Å². The van der Waals surface area contributed by atoms with Crippen LogP contribution in [-0.2, 0) is 27.2 Å². The van der Waals surface area contributed by atoms with E-state index >= 15 is 0 Å². The van der Waals surface area contributed by atoms with Crippen molar-refractivity contribution in [3.8, 4) is 34.3 Å². The van der Waals surface area contributed by atoms with Crippen molar-refractivity contribution in [1.82, 2.24) is 43.4 Å². The Hall–Kier alpha value is -9.71. The second kappa shape index (κ2) is 31.3. The van der Waals surface area contributed by atoms with Gasteiger partial charge in [-0.15, -0.1) is 0 Å². The fourth-order valence-corrected chi connectivity index (χ4v) is 12.8. The van der Waals surface area contributed by atoms with Crippen LogP contribution in [0.15, 0.2) is 171 Å². The number of ether oxygens (including phenoxy) is 3. The number of rotatable bonds is 17. The summed E-state index contributed by atoms with van der Waals surface area (Å²) in [5, 5.41) is 0. The Morgan fingerprint density at radius 3 is 1.19 bits per heavy atom. The summed E-state index contributed by atoms with van der Waals surface area (Å²) in [6.45, 7) is 14.0. The highest BCUT2D eigenvalue weighted by atomic mass is 19.1. The van der Waals surface area contributed by atoms with Gasteiger partial charge in [0.15, 0.2) is 0 Å². The molecule has 0 radical (unpaired) electrons. The number of imidazole rings is 3. The smallest absolute Gasteiger partial charge is 0.250 e. The minimum absolute atomic E-state index is 0. The highest BCUT2D eigenvalue weighted by Gasteiger charge is 2.34. The topological polar surface area (TPSA) is 142 Å². The SMILES string of the molecule is C.COc1cc(/C=C2\CCCN([C@@H](C)c3ccc(F)cc3)C2=O)ccc1-n1cnc(C)c1.COc1cc(CC2CCCN([C@@H](C)c3ccc(F)cc3)C2=O)ccc1-n1cnc(C)c1.COc1cc(CC2CCCN([C@@H](C)c3ccc(F)cc3)C2=O)ccc1-n1cnc(C)c1. The van der Waals surface area contributed by atoms with E-state index in [4.69, 9.17) is 14.2 Å². The maximum Gasteiger partial charge on any atom is 0.250 e. The number of amides is 3. The number of hydrogen-bond acceptors (Lipinski definition) is 9. The van der Waals surface area contributed by atoms with Crippen LogP contribution in [0, 0.1) is 50.1 Å². The molecule has 18 heteroatoms. The lowest BCUT2D eigenvalue weighted by molar-refractivity contribution is -0.141. The van der Waals surface area contributed by atoms with Gasteiger partial charge in [-0.3, -0.25) is 14.4 Å². The molecule has 3 aliphatic rings. The van der Waals surface area contributed by atoms with Crippen LogP contribution in [0.3, 0.4) is 0 Å². The Morgan fingerprint density at radius 2 is 0.830 bits per heavy atom. The van der Waals surface area contributed by atoms with Crippen molar-refractivity contribution in [2.45, 2.75) is 118 Å².